The Kier molecular flexibility index (Phi) is 4.97. The summed E-state index contributed by atoms with van der Waals surface area (Å²) in [5.41, 5.74) is -0.336. The lowest BCUT2D eigenvalue weighted by atomic mass is 9.90. The van der Waals surface area contributed by atoms with Crippen LogP contribution in [0, 0.1) is 0 Å². The van der Waals surface area contributed by atoms with Crippen LogP contribution in [0.4, 0.5) is 0 Å². The van der Waals surface area contributed by atoms with Crippen molar-refractivity contribution < 1.29 is 33.4 Å². The lowest BCUT2D eigenvalue weighted by Gasteiger charge is -2.30. The standard InChI is InChI=1S/C20H21NO7/c1-5-13-8-11(2)20(4,28-12(3)22)19(25)26-10-14-6-7-21-16(23)9-15(17(14)21)27-18(13)24/h5-7,15H,2,8-10H2,1,3-4H3. The Bertz CT molecular complexity index is 923. The molecule has 0 spiro atoms. The first-order valence-corrected chi connectivity index (χ1v) is 8.82. The molecule has 0 N–H and O–H groups in total. The van der Waals surface area contributed by atoms with Crippen LogP contribution in [0.3, 0.4) is 0 Å². The molecule has 1 aromatic rings. The van der Waals surface area contributed by atoms with E-state index >= 15 is 0 Å². The fourth-order valence-electron chi connectivity index (χ4n) is 3.36. The normalized spacial score (nSPS) is 26.8. The van der Waals surface area contributed by atoms with Gasteiger partial charge in [-0.3, -0.25) is 14.2 Å². The minimum atomic E-state index is -1.77. The molecule has 2 atom stereocenters. The van der Waals surface area contributed by atoms with E-state index in [1.165, 1.54) is 24.5 Å². The van der Waals surface area contributed by atoms with Gasteiger partial charge in [0.1, 0.15) is 6.61 Å². The Morgan fingerprint density at radius 2 is 2.11 bits per heavy atom. The summed E-state index contributed by atoms with van der Waals surface area (Å²) in [6.45, 7) is 7.87. The number of hydrogen-bond acceptors (Lipinski definition) is 7. The molecule has 0 bridgehead atoms. The second-order valence-corrected chi connectivity index (χ2v) is 6.89. The zero-order valence-electron chi connectivity index (χ0n) is 15.9. The van der Waals surface area contributed by atoms with Gasteiger partial charge in [-0.05, 0) is 25.5 Å². The fraction of sp³-hybridized carbons (Fsp3) is 0.400. The molecule has 2 aliphatic heterocycles. The molecule has 28 heavy (non-hydrogen) atoms. The molecule has 0 amide bonds. The highest BCUT2D eigenvalue weighted by atomic mass is 16.6. The van der Waals surface area contributed by atoms with Gasteiger partial charge in [0.15, 0.2) is 6.10 Å². The monoisotopic (exact) mass is 387 g/mol. The zero-order chi connectivity index (χ0) is 20.6. The van der Waals surface area contributed by atoms with Gasteiger partial charge in [-0.1, -0.05) is 12.7 Å². The van der Waals surface area contributed by atoms with Gasteiger partial charge < -0.3 is 14.2 Å². The topological polar surface area (TPSA) is 101 Å². The first kappa shape index (κ1) is 19.6. The van der Waals surface area contributed by atoms with E-state index in [0.717, 1.165) is 0 Å². The van der Waals surface area contributed by atoms with E-state index in [4.69, 9.17) is 14.2 Å². The molecule has 1 aromatic heterocycles. The maximum atomic E-state index is 12.8. The van der Waals surface area contributed by atoms with Gasteiger partial charge in [-0.2, -0.15) is 0 Å². The number of carbonyl (C=O) groups is 4. The van der Waals surface area contributed by atoms with Gasteiger partial charge in [0.05, 0.1) is 12.1 Å². The van der Waals surface area contributed by atoms with Crippen molar-refractivity contribution in [3.05, 3.63) is 47.3 Å². The number of carbonyl (C=O) groups excluding carboxylic acids is 4. The van der Waals surface area contributed by atoms with Crippen molar-refractivity contribution in [1.82, 2.24) is 4.57 Å². The molecule has 0 saturated heterocycles. The van der Waals surface area contributed by atoms with Crippen LogP contribution in [-0.2, 0) is 35.2 Å². The minimum Gasteiger partial charge on any atom is -0.458 e. The Morgan fingerprint density at radius 3 is 2.75 bits per heavy atom. The maximum Gasteiger partial charge on any atom is 0.355 e. The molecule has 0 aromatic carbocycles. The summed E-state index contributed by atoms with van der Waals surface area (Å²) >= 11 is 0. The highest BCUT2D eigenvalue weighted by Crippen LogP contribution is 2.36. The SMILES string of the molecule is C=C1CC(=CC)C(=O)OC2CC(=O)n3ccc(c32)COC(=O)C1(C)OC(C)=O. The third kappa shape index (κ3) is 3.26. The van der Waals surface area contributed by atoms with Crippen LogP contribution in [0.25, 0.3) is 0 Å². The number of ether oxygens (including phenoxy) is 3. The van der Waals surface area contributed by atoms with Crippen LogP contribution in [0.5, 0.6) is 0 Å². The van der Waals surface area contributed by atoms with Crippen molar-refractivity contribution >= 4 is 23.8 Å². The van der Waals surface area contributed by atoms with Crippen molar-refractivity contribution in [2.45, 2.75) is 51.9 Å². The van der Waals surface area contributed by atoms with E-state index in [9.17, 15) is 19.2 Å². The molecule has 2 unspecified atom stereocenters. The molecule has 8 nitrogen and oxygen atoms in total. The van der Waals surface area contributed by atoms with E-state index in [-0.39, 0.29) is 36.5 Å². The summed E-state index contributed by atoms with van der Waals surface area (Å²) in [4.78, 5) is 49.2. The molecule has 3 heterocycles. The Hall–Kier alpha value is -3.16. The molecule has 0 aliphatic carbocycles. The van der Waals surface area contributed by atoms with E-state index in [1.807, 2.05) is 0 Å². The third-order valence-corrected chi connectivity index (χ3v) is 4.98. The number of rotatable bonds is 1. The zero-order valence-corrected chi connectivity index (χ0v) is 15.9. The van der Waals surface area contributed by atoms with E-state index in [2.05, 4.69) is 6.58 Å². The van der Waals surface area contributed by atoms with Crippen molar-refractivity contribution in [2.75, 3.05) is 0 Å². The summed E-state index contributed by atoms with van der Waals surface area (Å²) in [6.07, 6.45) is 2.30. The average Bonchev–Trinajstić information content (AvgIpc) is 3.17. The van der Waals surface area contributed by atoms with Gasteiger partial charge in [0, 0.05) is 30.7 Å². The van der Waals surface area contributed by atoms with Crippen molar-refractivity contribution in [1.29, 1.82) is 0 Å². The number of nitrogens with zero attached hydrogens (tertiary/aromatic N) is 1. The highest BCUT2D eigenvalue weighted by Gasteiger charge is 2.43. The van der Waals surface area contributed by atoms with Gasteiger partial charge in [-0.25, -0.2) is 9.59 Å². The number of cyclic esters (lactones) is 1. The number of hydrogen-bond donors (Lipinski definition) is 0. The molecule has 0 saturated carbocycles. The summed E-state index contributed by atoms with van der Waals surface area (Å²) in [5, 5.41) is 0. The quantitative estimate of drug-likeness (QED) is 0.316. The molecule has 148 valence electrons. The van der Waals surface area contributed by atoms with Gasteiger partial charge in [0.2, 0.25) is 11.5 Å². The van der Waals surface area contributed by atoms with Crippen molar-refractivity contribution in [3.8, 4) is 0 Å². The molecule has 0 fully saturated rings. The molecular weight excluding hydrogens is 366 g/mol. The number of aromatic nitrogens is 1. The van der Waals surface area contributed by atoms with Gasteiger partial charge in [-0.15, -0.1) is 0 Å². The molecule has 3 rings (SSSR count). The first-order valence-electron chi connectivity index (χ1n) is 8.82. The van der Waals surface area contributed by atoms with Crippen molar-refractivity contribution in [3.63, 3.8) is 0 Å². The Morgan fingerprint density at radius 1 is 1.39 bits per heavy atom. The summed E-state index contributed by atoms with van der Waals surface area (Å²) < 4.78 is 17.6. The smallest absolute Gasteiger partial charge is 0.355 e. The van der Waals surface area contributed by atoms with Crippen molar-refractivity contribution in [2.24, 2.45) is 0 Å². The molecule has 0 radical (unpaired) electrons. The highest BCUT2D eigenvalue weighted by molar-refractivity contribution is 5.92. The summed E-state index contributed by atoms with van der Waals surface area (Å²) in [6, 6.07) is 1.63. The van der Waals surface area contributed by atoms with Crippen LogP contribution >= 0.6 is 0 Å². The summed E-state index contributed by atoms with van der Waals surface area (Å²) in [7, 11) is 0. The van der Waals surface area contributed by atoms with Crippen LogP contribution in [0.2, 0.25) is 0 Å². The second kappa shape index (κ2) is 7.10. The maximum absolute atomic E-state index is 12.8. The minimum absolute atomic E-state index is 0.0198. The average molecular weight is 387 g/mol. The molecule has 8 heteroatoms. The van der Waals surface area contributed by atoms with E-state index in [1.54, 1.807) is 19.2 Å². The molecule has 2 aliphatic rings. The molecular formula is C20H21NO7. The van der Waals surface area contributed by atoms with Crippen LogP contribution in [0.15, 0.2) is 36.1 Å². The predicted octanol–water partition coefficient (Wildman–Crippen LogP) is 2.39. The first-order chi connectivity index (χ1) is 13.2. The predicted molar refractivity (Wildman–Crippen MR) is 96.0 cm³/mol. The number of esters is 3. The number of allylic oxidation sites excluding steroid dienone is 1. The fourth-order valence-corrected chi connectivity index (χ4v) is 3.36. The summed E-state index contributed by atoms with van der Waals surface area (Å²) in [5.74, 6) is -2.33. The second-order valence-electron chi connectivity index (χ2n) is 6.89. The van der Waals surface area contributed by atoms with Crippen LogP contribution in [-0.4, -0.2) is 34.0 Å². The van der Waals surface area contributed by atoms with Gasteiger partial charge >= 0.3 is 17.9 Å². The lowest BCUT2D eigenvalue weighted by Crippen LogP contribution is -2.43. The lowest BCUT2D eigenvalue weighted by molar-refractivity contribution is -0.176. The third-order valence-electron chi connectivity index (χ3n) is 4.98. The van der Waals surface area contributed by atoms with Crippen LogP contribution < -0.4 is 0 Å². The largest absolute Gasteiger partial charge is 0.458 e. The van der Waals surface area contributed by atoms with Crippen LogP contribution in [0.1, 0.15) is 55.8 Å². The Labute approximate surface area is 161 Å². The van der Waals surface area contributed by atoms with Gasteiger partial charge in [0.25, 0.3) is 0 Å². The Balaban J connectivity index is 2.05. The van der Waals surface area contributed by atoms with E-state index < -0.39 is 29.6 Å². The van der Waals surface area contributed by atoms with E-state index in [0.29, 0.717) is 11.3 Å².